The number of hydrogen-bond acceptors (Lipinski definition) is 2. The molecule has 0 bridgehead atoms. The summed E-state index contributed by atoms with van der Waals surface area (Å²) in [5.41, 5.74) is 5.71. The van der Waals surface area contributed by atoms with Crippen molar-refractivity contribution in [3.8, 4) is 5.69 Å². The van der Waals surface area contributed by atoms with Gasteiger partial charge in [0.2, 0.25) is 5.91 Å². The van der Waals surface area contributed by atoms with E-state index in [9.17, 15) is 4.79 Å². The zero-order chi connectivity index (χ0) is 18.2. The van der Waals surface area contributed by atoms with Gasteiger partial charge < -0.3 is 9.88 Å². The van der Waals surface area contributed by atoms with Crippen LogP contribution in [0, 0.1) is 0 Å². The number of carbonyl (C=O) groups excluding carboxylic acids is 1. The Hall–Kier alpha value is -2.59. The van der Waals surface area contributed by atoms with Gasteiger partial charge in [0, 0.05) is 35.2 Å². The van der Waals surface area contributed by atoms with Crippen LogP contribution in [0.15, 0.2) is 60.9 Å². The van der Waals surface area contributed by atoms with Crippen molar-refractivity contribution in [2.24, 2.45) is 0 Å². The topological polar surface area (TPSA) is 46.9 Å². The molecule has 2 aliphatic carbocycles. The van der Waals surface area contributed by atoms with Crippen LogP contribution in [0.4, 0.5) is 5.69 Å². The van der Waals surface area contributed by atoms with Crippen LogP contribution in [0.25, 0.3) is 5.69 Å². The van der Waals surface area contributed by atoms with E-state index in [2.05, 4.69) is 39.3 Å². The summed E-state index contributed by atoms with van der Waals surface area (Å²) in [5, 5.41) is 2.96. The number of aromatic nitrogens is 2. The number of carbonyl (C=O) groups is 1. The number of halogens is 1. The maximum Gasteiger partial charge on any atom is 0.230 e. The average molecular weight is 394 g/mol. The number of rotatable bonds is 6. The van der Waals surface area contributed by atoms with E-state index in [4.69, 9.17) is 0 Å². The number of pyridine rings is 1. The molecule has 5 rings (SSSR count). The van der Waals surface area contributed by atoms with Crippen molar-refractivity contribution in [2.75, 3.05) is 5.32 Å². The zero-order valence-electron chi connectivity index (χ0n) is 15.7. The SMILES string of the molecule is Cl.O=C(Cc1ccccn1)Nc1ccc(-n2cc(C3CC3)cc2C2CC2)cc1. The Balaban J connectivity index is 0.00000192. The van der Waals surface area contributed by atoms with Gasteiger partial charge >= 0.3 is 0 Å². The van der Waals surface area contributed by atoms with Crippen LogP contribution in [0.5, 0.6) is 0 Å². The van der Waals surface area contributed by atoms with Crippen molar-refractivity contribution >= 4 is 24.0 Å². The highest BCUT2D eigenvalue weighted by molar-refractivity contribution is 5.92. The molecule has 0 radical (unpaired) electrons. The summed E-state index contributed by atoms with van der Waals surface area (Å²) in [6.07, 6.45) is 9.58. The lowest BCUT2D eigenvalue weighted by Gasteiger charge is -2.10. The van der Waals surface area contributed by atoms with E-state index in [1.54, 1.807) is 6.20 Å². The van der Waals surface area contributed by atoms with Gasteiger partial charge in [0.25, 0.3) is 0 Å². The Bertz CT molecular complexity index is 957. The molecule has 0 spiro atoms. The summed E-state index contributed by atoms with van der Waals surface area (Å²) in [4.78, 5) is 16.4. The minimum Gasteiger partial charge on any atom is -0.326 e. The predicted octanol–water partition coefficient (Wildman–Crippen LogP) is 5.23. The highest BCUT2D eigenvalue weighted by atomic mass is 35.5. The molecule has 1 N–H and O–H groups in total. The van der Waals surface area contributed by atoms with E-state index in [-0.39, 0.29) is 24.7 Å². The Labute approximate surface area is 171 Å². The first-order valence-electron chi connectivity index (χ1n) is 9.78. The van der Waals surface area contributed by atoms with Gasteiger partial charge in [-0.15, -0.1) is 12.4 Å². The molecule has 0 saturated heterocycles. The van der Waals surface area contributed by atoms with E-state index in [1.165, 1.54) is 42.6 Å². The standard InChI is InChI=1S/C23H23N3O.ClH/c27-23(14-20-3-1-2-12-24-20)25-19-8-10-21(11-9-19)26-15-18(16-4-5-16)13-22(26)17-6-7-17;/h1-3,8-13,15-17H,4-7,14H2,(H,25,27);1H. The Morgan fingerprint density at radius 2 is 1.79 bits per heavy atom. The van der Waals surface area contributed by atoms with Crippen LogP contribution in [0.3, 0.4) is 0 Å². The third-order valence-electron chi connectivity index (χ3n) is 5.41. The molecule has 3 aromatic rings. The van der Waals surface area contributed by atoms with E-state index in [0.717, 1.165) is 23.2 Å². The van der Waals surface area contributed by atoms with Crippen molar-refractivity contribution in [2.45, 2.75) is 43.9 Å². The van der Waals surface area contributed by atoms with Crippen LogP contribution in [0.1, 0.15) is 54.5 Å². The fourth-order valence-corrected chi connectivity index (χ4v) is 3.64. The molecule has 0 atom stereocenters. The van der Waals surface area contributed by atoms with E-state index in [0.29, 0.717) is 0 Å². The molecule has 2 fully saturated rings. The molecule has 1 amide bonds. The summed E-state index contributed by atoms with van der Waals surface area (Å²) in [6, 6.07) is 16.2. The second-order valence-electron chi connectivity index (χ2n) is 7.71. The molecule has 2 aliphatic rings. The molecular weight excluding hydrogens is 370 g/mol. The lowest BCUT2D eigenvalue weighted by atomic mass is 10.2. The van der Waals surface area contributed by atoms with Gasteiger partial charge in [-0.1, -0.05) is 6.07 Å². The van der Waals surface area contributed by atoms with Gasteiger partial charge in [0.1, 0.15) is 0 Å². The number of benzene rings is 1. The van der Waals surface area contributed by atoms with Gasteiger partial charge in [-0.3, -0.25) is 9.78 Å². The molecule has 1 aromatic carbocycles. The predicted molar refractivity (Wildman–Crippen MR) is 114 cm³/mol. The van der Waals surface area contributed by atoms with E-state index >= 15 is 0 Å². The van der Waals surface area contributed by atoms with Crippen LogP contribution in [-0.4, -0.2) is 15.5 Å². The smallest absolute Gasteiger partial charge is 0.230 e. The Kier molecular flexibility index (Phi) is 5.23. The molecule has 0 unspecified atom stereocenters. The van der Waals surface area contributed by atoms with Crippen molar-refractivity contribution < 1.29 is 4.79 Å². The Morgan fingerprint density at radius 3 is 2.43 bits per heavy atom. The number of hydrogen-bond donors (Lipinski definition) is 1. The van der Waals surface area contributed by atoms with Crippen LogP contribution in [-0.2, 0) is 11.2 Å². The maximum atomic E-state index is 12.2. The minimum absolute atomic E-state index is 0. The van der Waals surface area contributed by atoms with Crippen molar-refractivity contribution in [3.63, 3.8) is 0 Å². The second-order valence-corrected chi connectivity index (χ2v) is 7.71. The summed E-state index contributed by atoms with van der Waals surface area (Å²) < 4.78 is 2.35. The van der Waals surface area contributed by atoms with Crippen molar-refractivity contribution in [1.29, 1.82) is 0 Å². The summed E-state index contributed by atoms with van der Waals surface area (Å²) in [5.74, 6) is 1.45. The summed E-state index contributed by atoms with van der Waals surface area (Å²) >= 11 is 0. The van der Waals surface area contributed by atoms with Gasteiger partial charge in [0.05, 0.1) is 6.42 Å². The zero-order valence-corrected chi connectivity index (χ0v) is 16.5. The molecular formula is C23H24ClN3O. The first kappa shape index (κ1) is 18.8. The number of nitrogens with zero attached hydrogens (tertiary/aromatic N) is 2. The van der Waals surface area contributed by atoms with E-state index < -0.39 is 0 Å². The van der Waals surface area contributed by atoms with E-state index in [1.807, 2.05) is 30.3 Å². The second kappa shape index (κ2) is 7.80. The van der Waals surface area contributed by atoms with Gasteiger partial charge in [-0.05, 0) is 85.5 Å². The Morgan fingerprint density at radius 1 is 1.04 bits per heavy atom. The molecule has 28 heavy (non-hydrogen) atoms. The van der Waals surface area contributed by atoms with Crippen LogP contribution in [0.2, 0.25) is 0 Å². The number of amides is 1. The average Bonchev–Trinajstić information content (AvgIpc) is 3.62. The van der Waals surface area contributed by atoms with Crippen LogP contribution < -0.4 is 5.32 Å². The highest BCUT2D eigenvalue weighted by Gasteiger charge is 2.31. The molecule has 2 saturated carbocycles. The molecule has 2 aromatic heterocycles. The lowest BCUT2D eigenvalue weighted by molar-refractivity contribution is -0.115. The lowest BCUT2D eigenvalue weighted by Crippen LogP contribution is -2.15. The summed E-state index contributed by atoms with van der Waals surface area (Å²) in [7, 11) is 0. The molecule has 4 nitrogen and oxygen atoms in total. The first-order valence-corrected chi connectivity index (χ1v) is 9.78. The van der Waals surface area contributed by atoms with Crippen molar-refractivity contribution in [1.82, 2.24) is 9.55 Å². The normalized spacial score (nSPS) is 15.7. The molecule has 2 heterocycles. The molecule has 5 heteroatoms. The number of nitrogens with one attached hydrogen (secondary N) is 1. The molecule has 0 aliphatic heterocycles. The third kappa shape index (κ3) is 4.12. The quantitative estimate of drug-likeness (QED) is 0.623. The highest BCUT2D eigenvalue weighted by Crippen LogP contribution is 2.46. The first-order chi connectivity index (χ1) is 13.3. The maximum absolute atomic E-state index is 12.2. The van der Waals surface area contributed by atoms with Gasteiger partial charge in [0.15, 0.2) is 0 Å². The van der Waals surface area contributed by atoms with Gasteiger partial charge in [-0.25, -0.2) is 0 Å². The largest absolute Gasteiger partial charge is 0.326 e. The van der Waals surface area contributed by atoms with Crippen molar-refractivity contribution in [3.05, 3.63) is 77.9 Å². The van der Waals surface area contributed by atoms with Gasteiger partial charge in [-0.2, -0.15) is 0 Å². The summed E-state index contributed by atoms with van der Waals surface area (Å²) in [6.45, 7) is 0. The monoisotopic (exact) mass is 393 g/mol. The van der Waals surface area contributed by atoms with Crippen LogP contribution >= 0.6 is 12.4 Å². The fourth-order valence-electron chi connectivity index (χ4n) is 3.64. The molecule has 144 valence electrons. The minimum atomic E-state index is -0.0443. The third-order valence-corrected chi connectivity index (χ3v) is 5.41. The fraction of sp³-hybridized carbons (Fsp3) is 0.304. The number of anilines is 1.